The van der Waals surface area contributed by atoms with Crippen LogP contribution in [0.25, 0.3) is 0 Å². The van der Waals surface area contributed by atoms with Gasteiger partial charge < -0.3 is 20.9 Å². The van der Waals surface area contributed by atoms with Gasteiger partial charge in [0.2, 0.25) is 0 Å². The van der Waals surface area contributed by atoms with Crippen LogP contribution in [0.1, 0.15) is 16.1 Å². The molecule has 0 saturated heterocycles. The lowest BCUT2D eigenvalue weighted by atomic mass is 10.2. The number of nitrogens with one attached hydrogen (secondary N) is 1. The highest BCUT2D eigenvalue weighted by Crippen LogP contribution is 2.17. The number of primary amides is 1. The molecule has 0 bridgehead atoms. The third-order valence-corrected chi connectivity index (χ3v) is 2.02. The molecule has 0 fully saturated rings. The van der Waals surface area contributed by atoms with Crippen LogP contribution in [0, 0.1) is 0 Å². The number of carbonyl (C=O) groups excluding carboxylic acids is 1. The molecule has 1 amide bonds. The smallest absolute Gasteiger partial charge is 0.267 e. The summed E-state index contributed by atoms with van der Waals surface area (Å²) in [6.45, 7) is 1.06. The van der Waals surface area contributed by atoms with Crippen molar-refractivity contribution in [1.82, 2.24) is 10.3 Å². The van der Waals surface area contributed by atoms with E-state index in [2.05, 4.69) is 10.3 Å². The Kier molecular flexibility index (Phi) is 4.68. The molecule has 1 aromatic rings. The Labute approximate surface area is 93.4 Å². The number of aliphatic hydroxyl groups excluding tert-OH is 1. The topological polar surface area (TPSA) is 97.5 Å². The molecule has 4 N–H and O–H groups in total. The van der Waals surface area contributed by atoms with Crippen LogP contribution in [0.2, 0.25) is 0 Å². The molecule has 1 rings (SSSR count). The monoisotopic (exact) mass is 225 g/mol. The van der Waals surface area contributed by atoms with Crippen LogP contribution in [0.3, 0.4) is 0 Å². The van der Waals surface area contributed by atoms with Crippen LogP contribution in [0.5, 0.6) is 5.75 Å². The largest absolute Gasteiger partial charge is 0.496 e. The molecule has 0 aliphatic heterocycles. The van der Waals surface area contributed by atoms with Gasteiger partial charge in [0.1, 0.15) is 11.4 Å². The summed E-state index contributed by atoms with van der Waals surface area (Å²) in [5.74, 6) is -0.0394. The van der Waals surface area contributed by atoms with Crippen molar-refractivity contribution in [3.8, 4) is 5.75 Å². The van der Waals surface area contributed by atoms with E-state index in [0.717, 1.165) is 5.56 Å². The summed E-state index contributed by atoms with van der Waals surface area (Å²) >= 11 is 0. The number of nitrogens with zero attached hydrogens (tertiary/aromatic N) is 1. The first-order valence-electron chi connectivity index (χ1n) is 4.83. The molecular formula is C10H15N3O3. The van der Waals surface area contributed by atoms with Gasteiger partial charge in [-0.2, -0.15) is 0 Å². The molecule has 0 aliphatic rings. The van der Waals surface area contributed by atoms with Crippen molar-refractivity contribution in [3.05, 3.63) is 23.5 Å². The average molecular weight is 225 g/mol. The third-order valence-electron chi connectivity index (χ3n) is 2.02. The number of aliphatic hydroxyl groups is 1. The summed E-state index contributed by atoms with van der Waals surface area (Å²) in [5.41, 5.74) is 6.08. The Hall–Kier alpha value is -1.66. The first-order chi connectivity index (χ1) is 7.69. The molecule has 0 spiro atoms. The molecule has 0 unspecified atom stereocenters. The van der Waals surface area contributed by atoms with E-state index in [1.807, 2.05) is 0 Å². The number of carbonyl (C=O) groups is 1. The first-order valence-corrected chi connectivity index (χ1v) is 4.83. The quantitative estimate of drug-likeness (QED) is 0.554. The second-order valence-corrected chi connectivity index (χ2v) is 3.15. The van der Waals surface area contributed by atoms with Crippen molar-refractivity contribution in [2.75, 3.05) is 20.3 Å². The second kappa shape index (κ2) is 6.04. The Morgan fingerprint density at radius 3 is 3.00 bits per heavy atom. The summed E-state index contributed by atoms with van der Waals surface area (Å²) < 4.78 is 5.12. The van der Waals surface area contributed by atoms with Gasteiger partial charge in [-0.1, -0.05) is 0 Å². The van der Waals surface area contributed by atoms with Crippen LogP contribution >= 0.6 is 0 Å². The van der Waals surface area contributed by atoms with Gasteiger partial charge >= 0.3 is 0 Å². The second-order valence-electron chi connectivity index (χ2n) is 3.15. The number of nitrogens with two attached hydrogens (primary N) is 1. The molecule has 6 nitrogen and oxygen atoms in total. The first kappa shape index (κ1) is 12.4. The summed E-state index contributed by atoms with van der Waals surface area (Å²) in [4.78, 5) is 14.8. The molecular weight excluding hydrogens is 210 g/mol. The number of pyridine rings is 1. The Morgan fingerprint density at radius 1 is 1.69 bits per heavy atom. The maximum absolute atomic E-state index is 10.9. The van der Waals surface area contributed by atoms with Gasteiger partial charge in [0, 0.05) is 30.9 Å². The van der Waals surface area contributed by atoms with Gasteiger partial charge in [0.05, 0.1) is 13.7 Å². The molecule has 88 valence electrons. The van der Waals surface area contributed by atoms with Crippen molar-refractivity contribution >= 4 is 5.91 Å². The molecule has 0 saturated carbocycles. The summed E-state index contributed by atoms with van der Waals surface area (Å²) in [7, 11) is 1.51. The minimum atomic E-state index is -0.590. The number of hydrogen-bond donors (Lipinski definition) is 3. The zero-order chi connectivity index (χ0) is 12.0. The predicted molar refractivity (Wildman–Crippen MR) is 58.1 cm³/mol. The van der Waals surface area contributed by atoms with E-state index in [0.29, 0.717) is 18.8 Å². The normalized spacial score (nSPS) is 10.1. The van der Waals surface area contributed by atoms with Gasteiger partial charge in [-0.05, 0) is 0 Å². The average Bonchev–Trinajstić information content (AvgIpc) is 2.29. The fraction of sp³-hybridized carbons (Fsp3) is 0.400. The zero-order valence-electron chi connectivity index (χ0n) is 9.06. The Morgan fingerprint density at radius 2 is 2.44 bits per heavy atom. The third kappa shape index (κ3) is 3.18. The van der Waals surface area contributed by atoms with Crippen molar-refractivity contribution in [2.45, 2.75) is 6.54 Å². The van der Waals surface area contributed by atoms with Crippen molar-refractivity contribution < 1.29 is 14.6 Å². The van der Waals surface area contributed by atoms with E-state index in [-0.39, 0.29) is 12.3 Å². The highest BCUT2D eigenvalue weighted by Gasteiger charge is 2.08. The van der Waals surface area contributed by atoms with Crippen LogP contribution in [-0.2, 0) is 6.54 Å². The fourth-order valence-electron chi connectivity index (χ4n) is 1.22. The standard InChI is InChI=1S/C10H15N3O3/c1-16-9-4-8(10(11)15)13-6-7(9)5-12-2-3-14/h4,6,12,14H,2-3,5H2,1H3,(H2,11,15). The zero-order valence-corrected chi connectivity index (χ0v) is 9.06. The van der Waals surface area contributed by atoms with Crippen molar-refractivity contribution in [1.29, 1.82) is 0 Å². The number of methoxy groups -OCH3 is 1. The highest BCUT2D eigenvalue weighted by molar-refractivity contribution is 5.91. The lowest BCUT2D eigenvalue weighted by Gasteiger charge is -2.09. The maximum Gasteiger partial charge on any atom is 0.267 e. The molecule has 16 heavy (non-hydrogen) atoms. The summed E-state index contributed by atoms with van der Waals surface area (Å²) in [6, 6.07) is 1.50. The number of amides is 1. The van der Waals surface area contributed by atoms with E-state index in [1.54, 1.807) is 0 Å². The van der Waals surface area contributed by atoms with E-state index in [1.165, 1.54) is 19.4 Å². The van der Waals surface area contributed by atoms with Gasteiger partial charge in [0.15, 0.2) is 0 Å². The lowest BCUT2D eigenvalue weighted by molar-refractivity contribution is 0.0995. The Balaban J connectivity index is 2.80. The van der Waals surface area contributed by atoms with Gasteiger partial charge in [-0.15, -0.1) is 0 Å². The minimum absolute atomic E-state index is 0.0646. The summed E-state index contributed by atoms with van der Waals surface area (Å²) in [5, 5.41) is 11.6. The van der Waals surface area contributed by atoms with Crippen molar-refractivity contribution in [2.24, 2.45) is 5.73 Å². The van der Waals surface area contributed by atoms with E-state index >= 15 is 0 Å². The SMILES string of the molecule is COc1cc(C(N)=O)ncc1CNCCO. The number of hydrogen-bond acceptors (Lipinski definition) is 5. The number of aromatic nitrogens is 1. The Bertz CT molecular complexity index is 368. The van der Waals surface area contributed by atoms with Crippen LogP contribution in [0.15, 0.2) is 12.3 Å². The molecule has 0 aliphatic carbocycles. The van der Waals surface area contributed by atoms with E-state index < -0.39 is 5.91 Å². The minimum Gasteiger partial charge on any atom is -0.496 e. The lowest BCUT2D eigenvalue weighted by Crippen LogP contribution is -2.19. The van der Waals surface area contributed by atoms with Crippen LogP contribution in [-0.4, -0.2) is 36.3 Å². The van der Waals surface area contributed by atoms with Crippen LogP contribution in [0.4, 0.5) is 0 Å². The molecule has 0 atom stereocenters. The maximum atomic E-state index is 10.9. The molecule has 6 heteroatoms. The molecule has 1 aromatic heterocycles. The molecule has 0 radical (unpaired) electrons. The van der Waals surface area contributed by atoms with Gasteiger partial charge in [0.25, 0.3) is 5.91 Å². The van der Waals surface area contributed by atoms with Crippen molar-refractivity contribution in [3.63, 3.8) is 0 Å². The molecule has 1 heterocycles. The van der Waals surface area contributed by atoms with E-state index in [9.17, 15) is 4.79 Å². The van der Waals surface area contributed by atoms with Gasteiger partial charge in [-0.3, -0.25) is 9.78 Å². The van der Waals surface area contributed by atoms with Crippen LogP contribution < -0.4 is 15.8 Å². The van der Waals surface area contributed by atoms with Gasteiger partial charge in [-0.25, -0.2) is 0 Å². The fourth-order valence-corrected chi connectivity index (χ4v) is 1.22. The summed E-state index contributed by atoms with van der Waals surface area (Å²) in [6.07, 6.45) is 1.53. The number of rotatable bonds is 6. The number of ether oxygens (including phenoxy) is 1. The van der Waals surface area contributed by atoms with E-state index in [4.69, 9.17) is 15.6 Å². The highest BCUT2D eigenvalue weighted by atomic mass is 16.5. The predicted octanol–water partition coefficient (Wildman–Crippen LogP) is -0.729. The molecule has 0 aromatic carbocycles.